The van der Waals surface area contributed by atoms with Crippen molar-refractivity contribution in [3.8, 4) is 0 Å². The van der Waals surface area contributed by atoms with Gasteiger partial charge in [0.05, 0.1) is 30.8 Å². The quantitative estimate of drug-likeness (QED) is 0.776. The summed E-state index contributed by atoms with van der Waals surface area (Å²) in [6, 6.07) is 3.41. The summed E-state index contributed by atoms with van der Waals surface area (Å²) in [4.78, 5) is 30.6. The highest BCUT2D eigenvalue weighted by molar-refractivity contribution is 5.92. The van der Waals surface area contributed by atoms with Crippen molar-refractivity contribution < 1.29 is 14.3 Å². The lowest BCUT2D eigenvalue weighted by Crippen LogP contribution is -2.46. The fraction of sp³-hybridized carbons (Fsp3) is 0.600. The average molecular weight is 415 g/mol. The molecule has 0 bridgehead atoms. The maximum Gasteiger partial charge on any atom is 0.320 e. The molecule has 0 aromatic carbocycles. The maximum atomic E-state index is 11.9. The van der Waals surface area contributed by atoms with Crippen LogP contribution in [0.4, 0.5) is 22.4 Å². The van der Waals surface area contributed by atoms with E-state index in [1.54, 1.807) is 6.07 Å². The SMILES string of the molecule is CCNC(=O)Nc1ccc2c(N3CCOCC3)nc(N3CC(C)OC(C)C3)nc2n1. The maximum absolute atomic E-state index is 11.9. The number of hydrogen-bond donors (Lipinski definition) is 2. The fourth-order valence-electron chi connectivity index (χ4n) is 3.87. The Kier molecular flexibility index (Phi) is 6.14. The third-order valence-corrected chi connectivity index (χ3v) is 5.12. The number of anilines is 3. The van der Waals surface area contributed by atoms with Gasteiger partial charge in [0.2, 0.25) is 5.95 Å². The van der Waals surface area contributed by atoms with Crippen molar-refractivity contribution in [2.24, 2.45) is 0 Å². The molecule has 2 aromatic rings. The number of nitrogens with one attached hydrogen (secondary N) is 2. The van der Waals surface area contributed by atoms with E-state index in [2.05, 4.69) is 39.3 Å². The molecule has 4 rings (SSSR count). The molecule has 10 nitrogen and oxygen atoms in total. The van der Waals surface area contributed by atoms with Gasteiger partial charge in [-0.1, -0.05) is 0 Å². The third kappa shape index (κ3) is 4.54. The first kappa shape index (κ1) is 20.5. The van der Waals surface area contributed by atoms with Crippen molar-refractivity contribution in [1.82, 2.24) is 20.3 Å². The number of carbonyl (C=O) groups excluding carboxylic acids is 1. The topological polar surface area (TPSA) is 105 Å². The number of aromatic nitrogens is 3. The standard InChI is InChI=1S/C20H29N7O3/c1-4-21-20(28)23-16-6-5-15-17(22-16)24-19(27-11-13(2)30-14(3)12-27)25-18(15)26-7-9-29-10-8-26/h5-6,13-14H,4,7-12H2,1-3H3,(H2,21,22,23,24,25,28). The lowest BCUT2D eigenvalue weighted by atomic mass is 10.2. The number of pyridine rings is 1. The fourth-order valence-corrected chi connectivity index (χ4v) is 3.87. The predicted octanol–water partition coefficient (Wildman–Crippen LogP) is 1.62. The van der Waals surface area contributed by atoms with Crippen molar-refractivity contribution in [3.05, 3.63) is 12.1 Å². The number of morpholine rings is 2. The molecule has 4 heterocycles. The van der Waals surface area contributed by atoms with E-state index in [1.165, 1.54) is 0 Å². The molecular weight excluding hydrogens is 386 g/mol. The Balaban J connectivity index is 1.73. The monoisotopic (exact) mass is 415 g/mol. The minimum atomic E-state index is -0.289. The molecule has 2 saturated heterocycles. The summed E-state index contributed by atoms with van der Waals surface area (Å²) in [6.45, 7) is 10.8. The van der Waals surface area contributed by atoms with E-state index in [1.807, 2.05) is 13.0 Å². The lowest BCUT2D eigenvalue weighted by molar-refractivity contribution is -0.00570. The zero-order valence-electron chi connectivity index (χ0n) is 17.7. The summed E-state index contributed by atoms with van der Waals surface area (Å²) >= 11 is 0. The van der Waals surface area contributed by atoms with Gasteiger partial charge in [0.15, 0.2) is 5.65 Å². The Morgan fingerprint density at radius 3 is 2.53 bits per heavy atom. The first-order valence-electron chi connectivity index (χ1n) is 10.5. The van der Waals surface area contributed by atoms with Crippen molar-refractivity contribution in [1.29, 1.82) is 0 Å². The van der Waals surface area contributed by atoms with Crippen LogP contribution in [0.2, 0.25) is 0 Å². The Morgan fingerprint density at radius 2 is 1.83 bits per heavy atom. The number of amides is 2. The molecule has 2 amide bonds. The second-order valence-electron chi connectivity index (χ2n) is 7.66. The normalized spacial score (nSPS) is 22.2. The van der Waals surface area contributed by atoms with Gasteiger partial charge in [-0.3, -0.25) is 5.32 Å². The predicted molar refractivity (Wildman–Crippen MR) is 115 cm³/mol. The number of urea groups is 1. The van der Waals surface area contributed by atoms with Crippen molar-refractivity contribution in [2.45, 2.75) is 33.0 Å². The molecule has 10 heteroatoms. The van der Waals surface area contributed by atoms with E-state index in [0.29, 0.717) is 37.2 Å². The summed E-state index contributed by atoms with van der Waals surface area (Å²) < 4.78 is 11.4. The Hall–Kier alpha value is -2.72. The Morgan fingerprint density at radius 1 is 1.10 bits per heavy atom. The molecule has 0 spiro atoms. The highest BCUT2D eigenvalue weighted by Gasteiger charge is 2.26. The number of ether oxygens (including phenoxy) is 2. The van der Waals surface area contributed by atoms with Crippen LogP contribution in [-0.4, -0.2) is 79.1 Å². The van der Waals surface area contributed by atoms with Gasteiger partial charge in [0.1, 0.15) is 11.6 Å². The zero-order chi connectivity index (χ0) is 21.1. The highest BCUT2D eigenvalue weighted by Crippen LogP contribution is 2.28. The molecule has 2 N–H and O–H groups in total. The Labute approximate surface area is 176 Å². The minimum absolute atomic E-state index is 0.0959. The molecule has 0 saturated carbocycles. The molecule has 2 fully saturated rings. The first-order chi connectivity index (χ1) is 14.5. The van der Waals surface area contributed by atoms with Crippen LogP contribution < -0.4 is 20.4 Å². The summed E-state index contributed by atoms with van der Waals surface area (Å²) in [6.07, 6.45) is 0.192. The summed E-state index contributed by atoms with van der Waals surface area (Å²) in [5.74, 6) is 1.94. The highest BCUT2D eigenvalue weighted by atomic mass is 16.5. The van der Waals surface area contributed by atoms with Crippen LogP contribution in [0.25, 0.3) is 11.0 Å². The van der Waals surface area contributed by atoms with Crippen LogP contribution in [0.5, 0.6) is 0 Å². The van der Waals surface area contributed by atoms with Gasteiger partial charge in [-0.05, 0) is 32.9 Å². The van der Waals surface area contributed by atoms with Gasteiger partial charge in [-0.2, -0.15) is 9.97 Å². The van der Waals surface area contributed by atoms with Gasteiger partial charge < -0.3 is 24.6 Å². The molecule has 30 heavy (non-hydrogen) atoms. The molecular formula is C20H29N7O3. The van der Waals surface area contributed by atoms with Gasteiger partial charge in [0.25, 0.3) is 0 Å². The molecule has 2 unspecified atom stereocenters. The third-order valence-electron chi connectivity index (χ3n) is 5.12. The van der Waals surface area contributed by atoms with Gasteiger partial charge in [-0.25, -0.2) is 9.78 Å². The van der Waals surface area contributed by atoms with Crippen LogP contribution in [0.15, 0.2) is 12.1 Å². The van der Waals surface area contributed by atoms with Crippen molar-refractivity contribution in [3.63, 3.8) is 0 Å². The second-order valence-corrected chi connectivity index (χ2v) is 7.66. The zero-order valence-corrected chi connectivity index (χ0v) is 17.7. The van der Waals surface area contributed by atoms with Crippen LogP contribution >= 0.6 is 0 Å². The second kappa shape index (κ2) is 8.97. The molecule has 2 aliphatic heterocycles. The Bertz CT molecular complexity index is 893. The summed E-state index contributed by atoms with van der Waals surface area (Å²) in [5.41, 5.74) is 0.558. The molecule has 0 aliphatic carbocycles. The van der Waals surface area contributed by atoms with E-state index < -0.39 is 0 Å². The summed E-state index contributed by atoms with van der Waals surface area (Å²) in [5, 5.41) is 6.33. The molecule has 0 radical (unpaired) electrons. The van der Waals surface area contributed by atoms with Crippen molar-refractivity contribution >= 4 is 34.6 Å². The molecule has 2 atom stereocenters. The van der Waals surface area contributed by atoms with Crippen LogP contribution in [0, 0.1) is 0 Å². The number of nitrogens with zero attached hydrogens (tertiary/aromatic N) is 5. The number of rotatable bonds is 4. The minimum Gasteiger partial charge on any atom is -0.378 e. The number of fused-ring (bicyclic) bond motifs is 1. The van der Waals surface area contributed by atoms with Crippen LogP contribution in [-0.2, 0) is 9.47 Å². The first-order valence-corrected chi connectivity index (χ1v) is 10.5. The van der Waals surface area contributed by atoms with Crippen LogP contribution in [0.3, 0.4) is 0 Å². The summed E-state index contributed by atoms with van der Waals surface area (Å²) in [7, 11) is 0. The van der Waals surface area contributed by atoms with E-state index in [0.717, 1.165) is 37.4 Å². The van der Waals surface area contributed by atoms with E-state index >= 15 is 0 Å². The molecule has 2 aromatic heterocycles. The lowest BCUT2D eigenvalue weighted by Gasteiger charge is -2.36. The van der Waals surface area contributed by atoms with Crippen LogP contribution in [0.1, 0.15) is 20.8 Å². The van der Waals surface area contributed by atoms with Gasteiger partial charge in [-0.15, -0.1) is 0 Å². The van der Waals surface area contributed by atoms with Gasteiger partial charge in [0, 0.05) is 32.7 Å². The largest absolute Gasteiger partial charge is 0.378 e. The average Bonchev–Trinajstić information content (AvgIpc) is 2.73. The van der Waals surface area contributed by atoms with E-state index in [-0.39, 0.29) is 18.2 Å². The number of carbonyl (C=O) groups is 1. The number of hydrogen-bond acceptors (Lipinski definition) is 8. The smallest absolute Gasteiger partial charge is 0.320 e. The molecule has 162 valence electrons. The van der Waals surface area contributed by atoms with E-state index in [9.17, 15) is 4.79 Å². The van der Waals surface area contributed by atoms with E-state index in [4.69, 9.17) is 19.4 Å². The van der Waals surface area contributed by atoms with Crippen molar-refractivity contribution in [2.75, 3.05) is 61.1 Å². The molecule has 2 aliphatic rings. The van der Waals surface area contributed by atoms with Gasteiger partial charge >= 0.3 is 6.03 Å².